The number of hydrogen-bond donors (Lipinski definition) is 1. The van der Waals surface area contributed by atoms with E-state index in [0.717, 1.165) is 38.5 Å². The van der Waals surface area contributed by atoms with Crippen LogP contribution in [-0.2, 0) is 14.3 Å². The van der Waals surface area contributed by atoms with E-state index in [2.05, 4.69) is 38.2 Å². The molecule has 200 valence electrons. The molecule has 1 unspecified atom stereocenters. The second-order valence-electron chi connectivity index (χ2n) is 9.47. The van der Waals surface area contributed by atoms with Crippen LogP contribution in [0, 0.1) is 0 Å². The smallest absolute Gasteiger partial charge is 0.306 e. The Morgan fingerprint density at radius 3 is 1.94 bits per heavy atom. The van der Waals surface area contributed by atoms with Crippen molar-refractivity contribution in [2.24, 2.45) is 0 Å². The molecule has 0 spiro atoms. The monoisotopic (exact) mass is 480 g/mol. The minimum Gasteiger partial charge on any atom is -0.457 e. The molecule has 0 radical (unpaired) electrons. The van der Waals surface area contributed by atoms with Gasteiger partial charge in [0.05, 0.1) is 13.2 Å². The number of aliphatic hydroxyl groups is 1. The molecule has 0 aromatic heterocycles. The Bertz CT molecular complexity index is 472. The molecule has 0 heterocycles. The van der Waals surface area contributed by atoms with Crippen molar-refractivity contribution >= 4 is 5.97 Å². The van der Waals surface area contributed by atoms with Gasteiger partial charge in [0.2, 0.25) is 0 Å². The van der Waals surface area contributed by atoms with Gasteiger partial charge in [-0.1, -0.05) is 115 Å². The average molecular weight is 481 g/mol. The predicted molar refractivity (Wildman–Crippen MR) is 145 cm³/mol. The van der Waals surface area contributed by atoms with Crippen LogP contribution in [0.4, 0.5) is 0 Å². The van der Waals surface area contributed by atoms with Crippen LogP contribution in [-0.4, -0.2) is 37.0 Å². The molecule has 0 saturated carbocycles. The molecular formula is C30H56O4. The van der Waals surface area contributed by atoms with Gasteiger partial charge in [0, 0.05) is 13.0 Å². The summed E-state index contributed by atoms with van der Waals surface area (Å²) in [6, 6.07) is 0. The Labute approximate surface area is 211 Å². The summed E-state index contributed by atoms with van der Waals surface area (Å²) >= 11 is 0. The van der Waals surface area contributed by atoms with Crippen LogP contribution in [0.3, 0.4) is 0 Å². The van der Waals surface area contributed by atoms with Crippen molar-refractivity contribution in [1.82, 2.24) is 0 Å². The standard InChI is InChI=1S/C30H56O4/c1-3-5-7-9-11-13-14-15-16-17-19-21-23-25-30(32)34-29(27-31)28-33-26-24-22-20-18-12-10-8-6-4-2/h7,9,13-14,29,31H,3-6,8,10-12,15-28H2,1-2H3/b9-7-,14-13-. The lowest BCUT2D eigenvalue weighted by Gasteiger charge is -2.15. The van der Waals surface area contributed by atoms with Crippen molar-refractivity contribution in [2.45, 2.75) is 142 Å². The van der Waals surface area contributed by atoms with Crippen molar-refractivity contribution in [3.8, 4) is 0 Å². The van der Waals surface area contributed by atoms with E-state index in [9.17, 15) is 9.90 Å². The van der Waals surface area contributed by atoms with Crippen molar-refractivity contribution in [1.29, 1.82) is 0 Å². The first kappa shape index (κ1) is 32.9. The first-order valence-corrected chi connectivity index (χ1v) is 14.4. The van der Waals surface area contributed by atoms with Gasteiger partial charge in [-0.2, -0.15) is 0 Å². The van der Waals surface area contributed by atoms with E-state index in [1.54, 1.807) is 0 Å². The van der Waals surface area contributed by atoms with Gasteiger partial charge in [-0.05, 0) is 38.5 Å². The van der Waals surface area contributed by atoms with E-state index < -0.39 is 6.10 Å². The highest BCUT2D eigenvalue weighted by Gasteiger charge is 2.13. The Kier molecular flexibility index (Phi) is 27.2. The maximum absolute atomic E-state index is 12.0. The number of carbonyl (C=O) groups excluding carboxylic acids is 1. The molecule has 0 aliphatic rings. The first-order chi connectivity index (χ1) is 16.7. The van der Waals surface area contributed by atoms with Crippen molar-refractivity contribution < 1.29 is 19.4 Å². The SMILES string of the molecule is CCC/C=C\C/C=C\CCCCCCCC(=O)OC(CO)COCCCCCCCCCCC. The van der Waals surface area contributed by atoms with Crippen LogP contribution in [0.2, 0.25) is 0 Å². The summed E-state index contributed by atoms with van der Waals surface area (Å²) < 4.78 is 11.0. The predicted octanol–water partition coefficient (Wildman–Crippen LogP) is 8.47. The molecule has 0 rings (SSSR count). The number of carbonyl (C=O) groups is 1. The Morgan fingerprint density at radius 2 is 1.29 bits per heavy atom. The third-order valence-corrected chi connectivity index (χ3v) is 6.01. The number of aliphatic hydroxyl groups excluding tert-OH is 1. The summed E-state index contributed by atoms with van der Waals surface area (Å²) in [7, 11) is 0. The van der Waals surface area contributed by atoms with Crippen LogP contribution in [0.25, 0.3) is 0 Å². The molecule has 0 aromatic rings. The summed E-state index contributed by atoms with van der Waals surface area (Å²) in [5.41, 5.74) is 0. The molecule has 1 N–H and O–H groups in total. The summed E-state index contributed by atoms with van der Waals surface area (Å²) in [6.07, 6.45) is 30.5. The van der Waals surface area contributed by atoms with Gasteiger partial charge in [0.15, 0.2) is 0 Å². The molecule has 0 amide bonds. The third kappa shape index (κ3) is 25.5. The first-order valence-electron chi connectivity index (χ1n) is 14.4. The Morgan fingerprint density at radius 1 is 0.706 bits per heavy atom. The van der Waals surface area contributed by atoms with Gasteiger partial charge in [0.25, 0.3) is 0 Å². The van der Waals surface area contributed by atoms with Crippen LogP contribution < -0.4 is 0 Å². The normalized spacial score (nSPS) is 12.7. The van der Waals surface area contributed by atoms with Crippen molar-refractivity contribution in [2.75, 3.05) is 19.8 Å². The Hall–Kier alpha value is -1.13. The quantitative estimate of drug-likeness (QED) is 0.0766. The summed E-state index contributed by atoms with van der Waals surface area (Å²) in [5, 5.41) is 9.45. The molecule has 34 heavy (non-hydrogen) atoms. The molecule has 0 aliphatic carbocycles. The molecule has 0 aromatic carbocycles. The second-order valence-corrected chi connectivity index (χ2v) is 9.47. The maximum Gasteiger partial charge on any atom is 0.306 e. The van der Waals surface area contributed by atoms with Crippen LogP contribution >= 0.6 is 0 Å². The van der Waals surface area contributed by atoms with E-state index in [1.165, 1.54) is 77.0 Å². The lowest BCUT2D eigenvalue weighted by Crippen LogP contribution is -2.27. The lowest BCUT2D eigenvalue weighted by atomic mass is 10.1. The van der Waals surface area contributed by atoms with E-state index in [1.807, 2.05) is 0 Å². The largest absolute Gasteiger partial charge is 0.457 e. The number of ether oxygens (including phenoxy) is 2. The number of allylic oxidation sites excluding steroid dienone is 4. The van der Waals surface area contributed by atoms with Gasteiger partial charge in [-0.15, -0.1) is 0 Å². The van der Waals surface area contributed by atoms with E-state index in [-0.39, 0.29) is 12.6 Å². The van der Waals surface area contributed by atoms with Crippen LogP contribution in [0.5, 0.6) is 0 Å². The molecule has 0 bridgehead atoms. The lowest BCUT2D eigenvalue weighted by molar-refractivity contribution is -0.154. The number of rotatable bonds is 26. The number of hydrogen-bond acceptors (Lipinski definition) is 4. The zero-order chi connectivity index (χ0) is 25.0. The molecule has 4 heteroatoms. The summed E-state index contributed by atoms with van der Waals surface area (Å²) in [4.78, 5) is 12.0. The minimum atomic E-state index is -0.533. The third-order valence-electron chi connectivity index (χ3n) is 6.01. The van der Waals surface area contributed by atoms with Crippen LogP contribution in [0.15, 0.2) is 24.3 Å². The van der Waals surface area contributed by atoms with E-state index >= 15 is 0 Å². The fourth-order valence-electron chi connectivity index (χ4n) is 3.83. The molecule has 0 saturated heterocycles. The zero-order valence-electron chi connectivity index (χ0n) is 22.6. The number of unbranched alkanes of at least 4 members (excludes halogenated alkanes) is 14. The topological polar surface area (TPSA) is 55.8 Å². The van der Waals surface area contributed by atoms with Gasteiger partial charge in [-0.3, -0.25) is 4.79 Å². The molecule has 0 fully saturated rings. The maximum atomic E-state index is 12.0. The molecule has 1 atom stereocenters. The van der Waals surface area contributed by atoms with E-state index in [4.69, 9.17) is 9.47 Å². The van der Waals surface area contributed by atoms with Gasteiger partial charge < -0.3 is 14.6 Å². The van der Waals surface area contributed by atoms with Gasteiger partial charge >= 0.3 is 5.97 Å². The van der Waals surface area contributed by atoms with Gasteiger partial charge in [-0.25, -0.2) is 0 Å². The highest BCUT2D eigenvalue weighted by atomic mass is 16.6. The highest BCUT2D eigenvalue weighted by Crippen LogP contribution is 2.11. The molecule has 4 nitrogen and oxygen atoms in total. The second kappa shape index (κ2) is 28.1. The number of esters is 1. The fourth-order valence-corrected chi connectivity index (χ4v) is 3.83. The molecule has 0 aliphatic heterocycles. The fraction of sp³-hybridized carbons (Fsp3) is 0.833. The van der Waals surface area contributed by atoms with E-state index in [0.29, 0.717) is 19.6 Å². The van der Waals surface area contributed by atoms with Crippen molar-refractivity contribution in [3.05, 3.63) is 24.3 Å². The summed E-state index contributed by atoms with van der Waals surface area (Å²) in [5.74, 6) is -0.218. The van der Waals surface area contributed by atoms with Crippen LogP contribution in [0.1, 0.15) is 136 Å². The van der Waals surface area contributed by atoms with Crippen molar-refractivity contribution in [3.63, 3.8) is 0 Å². The molecular weight excluding hydrogens is 424 g/mol. The Balaban J connectivity index is 3.50. The average Bonchev–Trinajstić information content (AvgIpc) is 2.84. The summed E-state index contributed by atoms with van der Waals surface area (Å²) in [6.45, 7) is 5.24. The minimum absolute atomic E-state index is 0.175. The van der Waals surface area contributed by atoms with Gasteiger partial charge in [0.1, 0.15) is 6.10 Å². The highest BCUT2D eigenvalue weighted by molar-refractivity contribution is 5.69. The zero-order valence-corrected chi connectivity index (χ0v) is 22.6.